The number of carbonyl (C=O) groups is 1. The molecule has 0 fully saturated rings. The molecule has 0 aliphatic heterocycles. The molecule has 0 saturated carbocycles. The fourth-order valence-electron chi connectivity index (χ4n) is 3.47. The normalized spacial score (nSPS) is 10.5. The van der Waals surface area contributed by atoms with Crippen LogP contribution in [0.3, 0.4) is 0 Å². The molecule has 4 aromatic rings. The highest BCUT2D eigenvalue weighted by Crippen LogP contribution is 2.34. The third-order valence-corrected chi connectivity index (χ3v) is 6.18. The van der Waals surface area contributed by atoms with Crippen molar-refractivity contribution in [1.29, 1.82) is 5.26 Å². The van der Waals surface area contributed by atoms with Crippen molar-refractivity contribution in [1.82, 2.24) is 4.98 Å². The van der Waals surface area contributed by atoms with Crippen molar-refractivity contribution in [2.45, 2.75) is 18.4 Å². The Kier molecular flexibility index (Phi) is 6.79. The van der Waals surface area contributed by atoms with Gasteiger partial charge in [-0.25, -0.2) is 4.98 Å². The van der Waals surface area contributed by atoms with E-state index in [1.807, 2.05) is 97.9 Å². The van der Waals surface area contributed by atoms with Gasteiger partial charge in [-0.3, -0.25) is 4.79 Å². The minimum atomic E-state index is 0.107. The summed E-state index contributed by atoms with van der Waals surface area (Å²) in [5.74, 6) is 0.373. The van der Waals surface area contributed by atoms with Crippen LogP contribution in [0.4, 0.5) is 0 Å². The molecule has 0 unspecified atom stereocenters. The molecule has 0 N–H and O–H groups in total. The number of aryl methyl sites for hydroxylation is 1. The van der Waals surface area contributed by atoms with Crippen molar-refractivity contribution in [2.24, 2.45) is 0 Å². The number of ketones is 1. The van der Waals surface area contributed by atoms with Gasteiger partial charge < -0.3 is 0 Å². The molecule has 0 spiro atoms. The molecule has 0 aliphatic rings. The maximum Gasteiger partial charge on any atom is 0.147 e. The highest BCUT2D eigenvalue weighted by atomic mass is 32.2. The average molecular weight is 435 g/mol. The van der Waals surface area contributed by atoms with Gasteiger partial charge in [-0.1, -0.05) is 102 Å². The number of benzene rings is 3. The minimum absolute atomic E-state index is 0.107. The third kappa shape index (κ3) is 5.14. The van der Waals surface area contributed by atoms with Crippen LogP contribution in [0.2, 0.25) is 0 Å². The van der Waals surface area contributed by atoms with Gasteiger partial charge in [0.25, 0.3) is 0 Å². The quantitative estimate of drug-likeness (QED) is 0.312. The Balaban J connectivity index is 1.66. The summed E-state index contributed by atoms with van der Waals surface area (Å²) in [7, 11) is 0. The number of pyridine rings is 1. The SMILES string of the molecule is Cc1ccc(CC(=O)CSc2nc(-c3ccccc3)cc(-c3ccccc3)c2C#N)cc1. The highest BCUT2D eigenvalue weighted by Gasteiger charge is 2.17. The van der Waals surface area contributed by atoms with Crippen LogP contribution in [-0.2, 0) is 11.2 Å². The first-order valence-corrected chi connectivity index (χ1v) is 11.4. The topological polar surface area (TPSA) is 53.8 Å². The van der Waals surface area contributed by atoms with Gasteiger partial charge in [-0.05, 0) is 24.1 Å². The van der Waals surface area contributed by atoms with E-state index < -0.39 is 0 Å². The predicted molar refractivity (Wildman–Crippen MR) is 130 cm³/mol. The summed E-state index contributed by atoms with van der Waals surface area (Å²) in [5.41, 5.74) is 6.22. The Hall–Kier alpha value is -3.68. The van der Waals surface area contributed by atoms with Crippen LogP contribution in [0, 0.1) is 18.3 Å². The summed E-state index contributed by atoms with van der Waals surface area (Å²) in [4.78, 5) is 17.4. The zero-order valence-electron chi connectivity index (χ0n) is 17.8. The molecule has 3 nitrogen and oxygen atoms in total. The van der Waals surface area contributed by atoms with Crippen LogP contribution in [0.25, 0.3) is 22.4 Å². The zero-order chi connectivity index (χ0) is 22.3. The fourth-order valence-corrected chi connectivity index (χ4v) is 4.33. The van der Waals surface area contributed by atoms with Gasteiger partial charge in [0.05, 0.1) is 17.0 Å². The van der Waals surface area contributed by atoms with Crippen molar-refractivity contribution in [3.05, 3.63) is 108 Å². The van der Waals surface area contributed by atoms with E-state index in [1.54, 1.807) is 0 Å². The summed E-state index contributed by atoms with van der Waals surface area (Å²) in [6.45, 7) is 2.03. The van der Waals surface area contributed by atoms with Crippen LogP contribution in [-0.4, -0.2) is 16.5 Å². The maximum atomic E-state index is 12.6. The van der Waals surface area contributed by atoms with Crippen molar-refractivity contribution in [2.75, 3.05) is 5.75 Å². The molecule has 0 atom stereocenters. The fraction of sp³-hybridized carbons (Fsp3) is 0.107. The van der Waals surface area contributed by atoms with Gasteiger partial charge in [0.15, 0.2) is 0 Å². The molecule has 1 heterocycles. The second-order valence-electron chi connectivity index (χ2n) is 7.57. The van der Waals surface area contributed by atoms with Gasteiger partial charge in [0.2, 0.25) is 0 Å². The van der Waals surface area contributed by atoms with Crippen molar-refractivity contribution in [3.8, 4) is 28.5 Å². The number of thioether (sulfide) groups is 1. The molecule has 4 rings (SSSR count). The summed E-state index contributed by atoms with van der Waals surface area (Å²) in [5, 5.41) is 10.5. The Labute approximate surface area is 192 Å². The van der Waals surface area contributed by atoms with Crippen LogP contribution >= 0.6 is 11.8 Å². The number of carbonyl (C=O) groups excluding carboxylic acids is 1. The van der Waals surface area contributed by atoms with E-state index >= 15 is 0 Å². The lowest BCUT2D eigenvalue weighted by Crippen LogP contribution is -2.07. The summed E-state index contributed by atoms with van der Waals surface area (Å²) < 4.78 is 0. The van der Waals surface area contributed by atoms with Crippen molar-refractivity contribution < 1.29 is 4.79 Å². The summed E-state index contributed by atoms with van der Waals surface area (Å²) in [6.07, 6.45) is 0.374. The first kappa shape index (κ1) is 21.5. The van der Waals surface area contributed by atoms with Crippen molar-refractivity contribution >= 4 is 17.5 Å². The van der Waals surface area contributed by atoms with Crippen LogP contribution in [0.15, 0.2) is 96.0 Å². The Bertz CT molecular complexity index is 1260. The van der Waals surface area contributed by atoms with E-state index in [9.17, 15) is 10.1 Å². The molecular formula is C28H22N2OS. The largest absolute Gasteiger partial charge is 0.298 e. The van der Waals surface area contributed by atoms with E-state index in [4.69, 9.17) is 4.98 Å². The molecule has 0 amide bonds. The number of aromatic nitrogens is 1. The molecule has 32 heavy (non-hydrogen) atoms. The van der Waals surface area contributed by atoms with Crippen LogP contribution < -0.4 is 0 Å². The lowest BCUT2D eigenvalue weighted by Gasteiger charge is -2.12. The maximum absolute atomic E-state index is 12.6. The van der Waals surface area contributed by atoms with E-state index in [-0.39, 0.29) is 11.5 Å². The average Bonchev–Trinajstić information content (AvgIpc) is 2.84. The van der Waals surface area contributed by atoms with E-state index in [2.05, 4.69) is 6.07 Å². The van der Waals surface area contributed by atoms with E-state index in [0.29, 0.717) is 17.0 Å². The molecular weight excluding hydrogens is 412 g/mol. The van der Waals surface area contributed by atoms with Gasteiger partial charge >= 0.3 is 0 Å². The monoisotopic (exact) mass is 434 g/mol. The number of hydrogen-bond acceptors (Lipinski definition) is 4. The molecule has 156 valence electrons. The summed E-state index contributed by atoms with van der Waals surface area (Å²) in [6, 6.07) is 32.0. The number of nitrogens with zero attached hydrogens (tertiary/aromatic N) is 2. The smallest absolute Gasteiger partial charge is 0.147 e. The molecule has 0 bridgehead atoms. The number of hydrogen-bond donors (Lipinski definition) is 0. The predicted octanol–water partition coefficient (Wildman–Crippen LogP) is 6.50. The molecule has 0 radical (unpaired) electrons. The molecule has 0 saturated heterocycles. The lowest BCUT2D eigenvalue weighted by atomic mass is 9.99. The number of rotatable bonds is 7. The number of Topliss-reactive ketones (excluding diaryl/α,β-unsaturated/α-hetero) is 1. The second-order valence-corrected chi connectivity index (χ2v) is 8.53. The third-order valence-electron chi connectivity index (χ3n) is 5.14. The molecule has 4 heteroatoms. The highest BCUT2D eigenvalue weighted by molar-refractivity contribution is 8.00. The number of nitriles is 1. The molecule has 3 aromatic carbocycles. The molecule has 0 aliphatic carbocycles. The lowest BCUT2D eigenvalue weighted by molar-refractivity contribution is -0.116. The minimum Gasteiger partial charge on any atom is -0.298 e. The van der Waals surface area contributed by atoms with E-state index in [1.165, 1.54) is 17.3 Å². The summed E-state index contributed by atoms with van der Waals surface area (Å²) >= 11 is 1.34. The Morgan fingerprint density at radius 2 is 1.53 bits per heavy atom. The van der Waals surface area contributed by atoms with Crippen LogP contribution in [0.5, 0.6) is 0 Å². The standard InChI is InChI=1S/C28H22N2OS/c1-20-12-14-21(15-13-20)16-24(31)19-32-28-26(18-29)25(22-8-4-2-5-9-22)17-27(30-28)23-10-6-3-7-11-23/h2-15,17H,16,19H2,1H3. The second kappa shape index (κ2) is 10.1. The Morgan fingerprint density at radius 3 is 2.16 bits per heavy atom. The molecule has 1 aromatic heterocycles. The first-order valence-electron chi connectivity index (χ1n) is 10.4. The van der Waals surface area contributed by atoms with E-state index in [0.717, 1.165) is 27.9 Å². The van der Waals surface area contributed by atoms with Crippen LogP contribution in [0.1, 0.15) is 16.7 Å². The first-order chi connectivity index (χ1) is 15.6. The van der Waals surface area contributed by atoms with Gasteiger partial charge in [-0.2, -0.15) is 5.26 Å². The zero-order valence-corrected chi connectivity index (χ0v) is 18.6. The van der Waals surface area contributed by atoms with Gasteiger partial charge in [0, 0.05) is 17.5 Å². The van der Waals surface area contributed by atoms with Gasteiger partial charge in [0.1, 0.15) is 16.9 Å². The Morgan fingerprint density at radius 1 is 0.906 bits per heavy atom. The van der Waals surface area contributed by atoms with Crippen molar-refractivity contribution in [3.63, 3.8) is 0 Å². The van der Waals surface area contributed by atoms with Gasteiger partial charge in [-0.15, -0.1) is 0 Å².